The molecule has 0 N–H and O–H groups in total. The van der Waals surface area contributed by atoms with Crippen LogP contribution in [-0.2, 0) is 42.9 Å². The standard InChI is InChI=1S/C28H43NO9/c1-7-10-11-12-20(38-19(5)30)13-14-21-22(15-16-29-18(4)26(32)35-6)24(31)17-23(21)25(27(33)36-8-2)28(34)37-9-3/h13-14,16,18,20-23,25H,7-12,15,17H2,1-6H3/b14-13+,29-16?/t18-,20-,21?,22+,23?/m0/s1. The van der Waals surface area contributed by atoms with E-state index >= 15 is 0 Å². The summed E-state index contributed by atoms with van der Waals surface area (Å²) in [5.74, 6) is -5.70. The molecule has 0 saturated heterocycles. The first-order chi connectivity index (χ1) is 18.1. The van der Waals surface area contributed by atoms with E-state index in [0.29, 0.717) is 6.42 Å². The molecule has 0 amide bonds. The summed E-state index contributed by atoms with van der Waals surface area (Å²) >= 11 is 0. The highest BCUT2D eigenvalue weighted by Crippen LogP contribution is 2.42. The second-order valence-corrected chi connectivity index (χ2v) is 9.29. The summed E-state index contributed by atoms with van der Waals surface area (Å²) in [6, 6.07) is -0.736. The van der Waals surface area contributed by atoms with E-state index in [9.17, 15) is 24.0 Å². The zero-order chi connectivity index (χ0) is 28.7. The number of carbonyl (C=O) groups excluding carboxylic acids is 5. The zero-order valence-electron chi connectivity index (χ0n) is 23.5. The molecule has 0 bridgehead atoms. The predicted molar refractivity (Wildman–Crippen MR) is 140 cm³/mol. The van der Waals surface area contributed by atoms with Gasteiger partial charge in [0.2, 0.25) is 0 Å². The summed E-state index contributed by atoms with van der Waals surface area (Å²) in [5.41, 5.74) is 0. The molecule has 38 heavy (non-hydrogen) atoms. The summed E-state index contributed by atoms with van der Waals surface area (Å²) in [4.78, 5) is 66.5. The van der Waals surface area contributed by atoms with Gasteiger partial charge in [-0.05, 0) is 57.9 Å². The van der Waals surface area contributed by atoms with E-state index in [1.165, 1.54) is 20.2 Å². The van der Waals surface area contributed by atoms with Gasteiger partial charge in [0.1, 0.15) is 17.9 Å². The van der Waals surface area contributed by atoms with Crippen molar-refractivity contribution in [2.45, 2.75) is 85.3 Å². The van der Waals surface area contributed by atoms with Gasteiger partial charge in [-0.3, -0.25) is 24.2 Å². The number of ether oxygens (including phenoxy) is 4. The second kappa shape index (κ2) is 17.5. The van der Waals surface area contributed by atoms with Gasteiger partial charge in [-0.1, -0.05) is 25.8 Å². The van der Waals surface area contributed by atoms with Crippen LogP contribution in [-0.4, -0.2) is 68.3 Å². The molecule has 10 heteroatoms. The summed E-state index contributed by atoms with van der Waals surface area (Å²) in [6.07, 6.45) is 8.09. The van der Waals surface area contributed by atoms with Crippen LogP contribution in [0.1, 0.15) is 73.1 Å². The SMILES string of the molecule is CCCCC[C@@H](/C=C/C1C(C(C(=O)OCC)C(=O)OCC)CC(=O)[C@@H]1CC=N[C@@H](C)C(=O)OC)OC(C)=O. The summed E-state index contributed by atoms with van der Waals surface area (Å²) in [5, 5.41) is 0. The van der Waals surface area contributed by atoms with Crippen molar-refractivity contribution in [2.24, 2.45) is 28.7 Å². The third-order valence-corrected chi connectivity index (χ3v) is 6.51. The number of aliphatic imine (C=N–C) groups is 1. The van der Waals surface area contributed by atoms with Crippen molar-refractivity contribution in [3.63, 3.8) is 0 Å². The number of carbonyl (C=O) groups is 5. The van der Waals surface area contributed by atoms with Gasteiger partial charge in [-0.25, -0.2) is 4.79 Å². The minimum absolute atomic E-state index is 0.0313. The number of rotatable bonds is 16. The number of nitrogens with zero attached hydrogens (tertiary/aromatic N) is 1. The Morgan fingerprint density at radius 1 is 1.03 bits per heavy atom. The van der Waals surface area contributed by atoms with Gasteiger partial charge in [-0.15, -0.1) is 0 Å². The summed E-state index contributed by atoms with van der Waals surface area (Å²) < 4.78 is 20.5. The van der Waals surface area contributed by atoms with E-state index in [4.69, 9.17) is 14.2 Å². The lowest BCUT2D eigenvalue weighted by Crippen LogP contribution is -2.36. The Labute approximate surface area is 225 Å². The minimum Gasteiger partial charge on any atom is -0.467 e. The monoisotopic (exact) mass is 537 g/mol. The molecule has 1 rings (SSSR count). The zero-order valence-corrected chi connectivity index (χ0v) is 23.5. The number of Topliss-reactive ketones (excluding diaryl/α,β-unsaturated/α-hetero) is 1. The van der Waals surface area contributed by atoms with E-state index in [-0.39, 0.29) is 31.8 Å². The molecule has 1 fully saturated rings. The lowest BCUT2D eigenvalue weighted by atomic mass is 9.79. The highest BCUT2D eigenvalue weighted by atomic mass is 16.6. The van der Waals surface area contributed by atoms with Gasteiger partial charge in [-0.2, -0.15) is 0 Å². The Morgan fingerprint density at radius 2 is 1.66 bits per heavy atom. The van der Waals surface area contributed by atoms with Crippen LogP contribution >= 0.6 is 0 Å². The lowest BCUT2D eigenvalue weighted by Gasteiger charge is -2.26. The van der Waals surface area contributed by atoms with Gasteiger partial charge in [0.15, 0.2) is 5.92 Å². The fourth-order valence-electron chi connectivity index (χ4n) is 4.67. The van der Waals surface area contributed by atoms with Crippen LogP contribution in [0.25, 0.3) is 0 Å². The lowest BCUT2D eigenvalue weighted by molar-refractivity contribution is -0.165. The predicted octanol–water partition coefficient (Wildman–Crippen LogP) is 3.64. The van der Waals surface area contributed by atoms with Crippen LogP contribution < -0.4 is 0 Å². The number of hydrogen-bond donors (Lipinski definition) is 0. The van der Waals surface area contributed by atoms with Crippen molar-refractivity contribution in [3.8, 4) is 0 Å². The molecule has 0 aromatic heterocycles. The van der Waals surface area contributed by atoms with Crippen LogP contribution in [0.3, 0.4) is 0 Å². The van der Waals surface area contributed by atoms with Gasteiger partial charge in [0, 0.05) is 25.5 Å². The van der Waals surface area contributed by atoms with Crippen LogP contribution in [0.4, 0.5) is 0 Å². The third kappa shape index (κ3) is 10.4. The normalized spacial score (nSPS) is 21.0. The number of ketones is 1. The molecule has 0 spiro atoms. The average molecular weight is 538 g/mol. The van der Waals surface area contributed by atoms with E-state index in [1.54, 1.807) is 32.9 Å². The maximum absolute atomic E-state index is 13.2. The maximum Gasteiger partial charge on any atom is 0.330 e. The van der Waals surface area contributed by atoms with E-state index in [0.717, 1.165) is 19.3 Å². The molecule has 0 aromatic carbocycles. The average Bonchev–Trinajstić information content (AvgIpc) is 3.16. The summed E-state index contributed by atoms with van der Waals surface area (Å²) in [7, 11) is 1.27. The minimum atomic E-state index is -1.28. The summed E-state index contributed by atoms with van der Waals surface area (Å²) in [6.45, 7) is 8.41. The van der Waals surface area contributed by atoms with Crippen LogP contribution in [0.15, 0.2) is 17.1 Å². The van der Waals surface area contributed by atoms with Crippen molar-refractivity contribution < 1.29 is 42.9 Å². The first-order valence-corrected chi connectivity index (χ1v) is 13.4. The van der Waals surface area contributed by atoms with Gasteiger partial charge >= 0.3 is 23.9 Å². The molecule has 214 valence electrons. The Kier molecular flexibility index (Phi) is 15.2. The first kappa shape index (κ1) is 33.0. The Morgan fingerprint density at radius 3 is 2.18 bits per heavy atom. The van der Waals surface area contributed by atoms with E-state index < -0.39 is 59.7 Å². The highest BCUT2D eigenvalue weighted by molar-refractivity contribution is 5.97. The Hall–Kier alpha value is -3.04. The number of allylic oxidation sites excluding steroid dienone is 1. The highest BCUT2D eigenvalue weighted by Gasteiger charge is 2.50. The molecule has 5 atom stereocenters. The van der Waals surface area contributed by atoms with Crippen molar-refractivity contribution in [1.82, 2.24) is 0 Å². The molecule has 0 radical (unpaired) electrons. The molecule has 1 saturated carbocycles. The largest absolute Gasteiger partial charge is 0.467 e. The topological polar surface area (TPSA) is 135 Å². The van der Waals surface area contributed by atoms with Crippen molar-refractivity contribution in [2.75, 3.05) is 20.3 Å². The molecule has 1 aliphatic carbocycles. The third-order valence-electron chi connectivity index (χ3n) is 6.51. The number of methoxy groups -OCH3 is 1. The molecular formula is C28H43NO9. The fourth-order valence-corrected chi connectivity index (χ4v) is 4.67. The number of unbranched alkanes of at least 4 members (excludes halogenated alkanes) is 2. The van der Waals surface area contributed by atoms with Gasteiger partial charge in [0.05, 0.1) is 20.3 Å². The number of esters is 4. The smallest absolute Gasteiger partial charge is 0.330 e. The number of hydrogen-bond acceptors (Lipinski definition) is 10. The first-order valence-electron chi connectivity index (χ1n) is 13.4. The van der Waals surface area contributed by atoms with Crippen LogP contribution in [0.5, 0.6) is 0 Å². The quantitative estimate of drug-likeness (QED) is 0.0722. The molecular weight excluding hydrogens is 494 g/mol. The van der Waals surface area contributed by atoms with Crippen LogP contribution in [0.2, 0.25) is 0 Å². The van der Waals surface area contributed by atoms with Crippen molar-refractivity contribution >= 4 is 35.9 Å². The van der Waals surface area contributed by atoms with Crippen molar-refractivity contribution in [1.29, 1.82) is 0 Å². The van der Waals surface area contributed by atoms with Gasteiger partial charge < -0.3 is 18.9 Å². The maximum atomic E-state index is 13.2. The van der Waals surface area contributed by atoms with Crippen LogP contribution in [0, 0.1) is 23.7 Å². The van der Waals surface area contributed by atoms with Gasteiger partial charge in [0.25, 0.3) is 0 Å². The van der Waals surface area contributed by atoms with Crippen molar-refractivity contribution in [3.05, 3.63) is 12.2 Å². The Bertz CT molecular complexity index is 848. The molecule has 2 unspecified atom stereocenters. The second-order valence-electron chi connectivity index (χ2n) is 9.29. The van der Waals surface area contributed by atoms with E-state index in [2.05, 4.69) is 16.7 Å². The molecule has 1 aliphatic rings. The molecule has 0 aliphatic heterocycles. The fraction of sp³-hybridized carbons (Fsp3) is 0.714. The molecule has 0 aromatic rings. The van der Waals surface area contributed by atoms with E-state index in [1.807, 2.05) is 0 Å². The molecule has 10 nitrogen and oxygen atoms in total. The molecule has 0 heterocycles. The Balaban J connectivity index is 3.39.